The van der Waals surface area contributed by atoms with Crippen LogP contribution in [0.3, 0.4) is 0 Å². The van der Waals surface area contributed by atoms with Gasteiger partial charge in [-0.15, -0.1) is 0 Å². The zero-order chi connectivity index (χ0) is 25.3. The fraction of sp³-hybridized carbons (Fsp3) is 0.444. The molecule has 0 N–H and O–H groups in total. The monoisotopic (exact) mass is 482 g/mol. The molecule has 0 atom stereocenters. The Hall–Kier alpha value is -3.55. The van der Waals surface area contributed by atoms with E-state index in [0.717, 1.165) is 16.0 Å². The Morgan fingerprint density at radius 1 is 0.829 bits per heavy atom. The summed E-state index contributed by atoms with van der Waals surface area (Å²) >= 11 is 0. The highest BCUT2D eigenvalue weighted by atomic mass is 16.6. The lowest BCUT2D eigenvalue weighted by molar-refractivity contribution is 0.0157. The smallest absolute Gasteiger partial charge is 0.419 e. The van der Waals surface area contributed by atoms with Crippen molar-refractivity contribution in [3.63, 3.8) is 0 Å². The molecule has 1 aliphatic rings. The molecule has 8 heteroatoms. The molecule has 3 rings (SSSR count). The summed E-state index contributed by atoms with van der Waals surface area (Å²) in [4.78, 5) is 40.8. The van der Waals surface area contributed by atoms with Crippen molar-refractivity contribution in [2.45, 2.75) is 52.4 Å². The third-order valence-corrected chi connectivity index (χ3v) is 5.56. The Balaban J connectivity index is 1.59. The Labute approximate surface area is 206 Å². The molecule has 3 amide bonds. The first-order valence-electron chi connectivity index (χ1n) is 11.9. The molecule has 1 fully saturated rings. The SMILES string of the molecule is CC(C)(C)OC(=O)N1CCC(CN(C(=O)OCc2ccccc2)C(=O)OCc2ccccc2)CC1. The van der Waals surface area contributed by atoms with E-state index in [2.05, 4.69) is 0 Å². The van der Waals surface area contributed by atoms with Crippen LogP contribution < -0.4 is 0 Å². The van der Waals surface area contributed by atoms with Crippen LogP contribution in [0.5, 0.6) is 0 Å². The molecular weight excluding hydrogens is 448 g/mol. The summed E-state index contributed by atoms with van der Waals surface area (Å²) in [5.41, 5.74) is 1.09. The lowest BCUT2D eigenvalue weighted by Gasteiger charge is -2.34. The molecule has 188 valence electrons. The minimum absolute atomic E-state index is 0.0160. The molecule has 2 aromatic rings. The van der Waals surface area contributed by atoms with E-state index in [-0.39, 0.29) is 31.8 Å². The second-order valence-corrected chi connectivity index (χ2v) is 9.60. The highest BCUT2D eigenvalue weighted by molar-refractivity contribution is 5.87. The quantitative estimate of drug-likeness (QED) is 0.498. The van der Waals surface area contributed by atoms with E-state index in [9.17, 15) is 14.4 Å². The van der Waals surface area contributed by atoms with E-state index in [1.54, 1.807) is 4.90 Å². The van der Waals surface area contributed by atoms with Crippen LogP contribution in [0.2, 0.25) is 0 Å². The van der Waals surface area contributed by atoms with Crippen molar-refractivity contribution >= 4 is 18.3 Å². The van der Waals surface area contributed by atoms with Gasteiger partial charge in [-0.2, -0.15) is 0 Å². The van der Waals surface area contributed by atoms with E-state index in [4.69, 9.17) is 14.2 Å². The van der Waals surface area contributed by atoms with Crippen LogP contribution in [0.15, 0.2) is 60.7 Å². The molecule has 0 aromatic heterocycles. The zero-order valence-electron chi connectivity index (χ0n) is 20.6. The minimum Gasteiger partial charge on any atom is -0.444 e. The standard InChI is InChI=1S/C27H34N2O6/c1-27(2,3)35-24(30)28-16-14-21(15-17-28)18-29(25(31)33-19-22-10-6-4-7-11-22)26(32)34-20-23-12-8-5-9-13-23/h4-13,21H,14-20H2,1-3H3. The molecule has 1 heterocycles. The van der Waals surface area contributed by atoms with Crippen LogP contribution in [-0.4, -0.2) is 53.3 Å². The summed E-state index contributed by atoms with van der Waals surface area (Å²) in [6.45, 7) is 6.74. The number of amides is 3. The van der Waals surface area contributed by atoms with Gasteiger partial charge in [-0.1, -0.05) is 60.7 Å². The molecule has 0 saturated carbocycles. The van der Waals surface area contributed by atoms with E-state index < -0.39 is 17.8 Å². The molecule has 2 aromatic carbocycles. The van der Waals surface area contributed by atoms with Gasteiger partial charge in [0.2, 0.25) is 0 Å². The van der Waals surface area contributed by atoms with Crippen molar-refractivity contribution in [1.82, 2.24) is 9.80 Å². The van der Waals surface area contributed by atoms with E-state index in [0.29, 0.717) is 25.9 Å². The van der Waals surface area contributed by atoms with Crippen molar-refractivity contribution in [2.24, 2.45) is 5.92 Å². The van der Waals surface area contributed by atoms with E-state index in [1.165, 1.54) is 0 Å². The van der Waals surface area contributed by atoms with Crippen molar-refractivity contribution in [2.75, 3.05) is 19.6 Å². The van der Waals surface area contributed by atoms with Gasteiger partial charge in [0.25, 0.3) is 0 Å². The van der Waals surface area contributed by atoms with Gasteiger partial charge in [-0.25, -0.2) is 19.3 Å². The number of imide groups is 1. The lowest BCUT2D eigenvalue weighted by atomic mass is 9.96. The highest BCUT2D eigenvalue weighted by Crippen LogP contribution is 2.22. The summed E-state index contributed by atoms with van der Waals surface area (Å²) in [5, 5.41) is 0. The van der Waals surface area contributed by atoms with Gasteiger partial charge in [0.1, 0.15) is 18.8 Å². The van der Waals surface area contributed by atoms with Crippen LogP contribution in [-0.2, 0) is 27.4 Å². The number of rotatable bonds is 6. The maximum absolute atomic E-state index is 12.9. The average Bonchev–Trinajstić information content (AvgIpc) is 2.85. The van der Waals surface area contributed by atoms with Gasteiger partial charge < -0.3 is 19.1 Å². The predicted octanol–water partition coefficient (Wildman–Crippen LogP) is 5.61. The zero-order valence-corrected chi connectivity index (χ0v) is 20.6. The Bertz CT molecular complexity index is 911. The molecule has 1 saturated heterocycles. The first kappa shape index (κ1) is 26.1. The van der Waals surface area contributed by atoms with Crippen LogP contribution in [0.1, 0.15) is 44.7 Å². The third kappa shape index (κ3) is 8.63. The molecule has 0 radical (unpaired) electrons. The maximum Gasteiger partial charge on any atom is 0.419 e. The average molecular weight is 483 g/mol. The summed E-state index contributed by atoms with van der Waals surface area (Å²) in [6, 6.07) is 18.6. The van der Waals surface area contributed by atoms with E-state index in [1.807, 2.05) is 81.4 Å². The Kier molecular flexibility index (Phi) is 9.11. The topological polar surface area (TPSA) is 85.4 Å². The van der Waals surface area contributed by atoms with Crippen LogP contribution in [0.4, 0.5) is 14.4 Å². The number of piperidine rings is 1. The largest absolute Gasteiger partial charge is 0.444 e. The summed E-state index contributed by atoms with van der Waals surface area (Å²) in [6.07, 6.45) is -0.582. The molecule has 0 unspecified atom stereocenters. The first-order valence-corrected chi connectivity index (χ1v) is 11.9. The van der Waals surface area contributed by atoms with Gasteiger partial charge in [0.15, 0.2) is 0 Å². The summed E-state index contributed by atoms with van der Waals surface area (Å²) in [7, 11) is 0. The number of nitrogens with zero attached hydrogens (tertiary/aromatic N) is 2. The summed E-state index contributed by atoms with van der Waals surface area (Å²) in [5.74, 6) is 0.0160. The van der Waals surface area contributed by atoms with Crippen molar-refractivity contribution in [1.29, 1.82) is 0 Å². The Morgan fingerprint density at radius 2 is 1.29 bits per heavy atom. The normalized spacial score (nSPS) is 14.2. The number of hydrogen-bond donors (Lipinski definition) is 0. The third-order valence-electron chi connectivity index (χ3n) is 5.56. The number of benzene rings is 2. The number of carbonyl (C=O) groups excluding carboxylic acids is 3. The molecule has 1 aliphatic heterocycles. The minimum atomic E-state index is -0.749. The fourth-order valence-corrected chi connectivity index (χ4v) is 3.70. The molecular formula is C27H34N2O6. The molecule has 8 nitrogen and oxygen atoms in total. The number of carbonyl (C=O) groups is 3. The molecule has 0 spiro atoms. The second kappa shape index (κ2) is 12.2. The number of ether oxygens (including phenoxy) is 3. The van der Waals surface area contributed by atoms with Gasteiger partial charge in [0, 0.05) is 19.6 Å². The Morgan fingerprint density at radius 3 is 1.71 bits per heavy atom. The van der Waals surface area contributed by atoms with Crippen LogP contribution in [0, 0.1) is 5.92 Å². The van der Waals surface area contributed by atoms with Crippen molar-refractivity contribution in [3.8, 4) is 0 Å². The predicted molar refractivity (Wildman–Crippen MR) is 130 cm³/mol. The van der Waals surface area contributed by atoms with Crippen molar-refractivity contribution < 1.29 is 28.6 Å². The second-order valence-electron chi connectivity index (χ2n) is 9.60. The fourth-order valence-electron chi connectivity index (χ4n) is 3.70. The first-order chi connectivity index (χ1) is 16.7. The summed E-state index contributed by atoms with van der Waals surface area (Å²) < 4.78 is 16.3. The van der Waals surface area contributed by atoms with Gasteiger partial charge in [-0.3, -0.25) is 0 Å². The molecule has 35 heavy (non-hydrogen) atoms. The van der Waals surface area contributed by atoms with Crippen LogP contribution in [0.25, 0.3) is 0 Å². The highest BCUT2D eigenvalue weighted by Gasteiger charge is 2.32. The number of likely N-dealkylation sites (tertiary alicyclic amines) is 1. The van der Waals surface area contributed by atoms with Crippen molar-refractivity contribution in [3.05, 3.63) is 71.8 Å². The number of hydrogen-bond acceptors (Lipinski definition) is 6. The lowest BCUT2D eigenvalue weighted by Crippen LogP contribution is -2.46. The van der Waals surface area contributed by atoms with Crippen LogP contribution >= 0.6 is 0 Å². The van der Waals surface area contributed by atoms with Gasteiger partial charge in [0.05, 0.1) is 0 Å². The van der Waals surface area contributed by atoms with Gasteiger partial charge in [-0.05, 0) is 50.7 Å². The maximum atomic E-state index is 12.9. The molecule has 0 bridgehead atoms. The van der Waals surface area contributed by atoms with Gasteiger partial charge >= 0.3 is 18.3 Å². The van der Waals surface area contributed by atoms with E-state index >= 15 is 0 Å². The molecule has 0 aliphatic carbocycles.